The third-order valence-electron chi connectivity index (χ3n) is 2.06. The lowest BCUT2D eigenvalue weighted by atomic mass is 10.2. The maximum Gasteiger partial charge on any atom is 0.176 e. The van der Waals surface area contributed by atoms with Gasteiger partial charge in [-0.05, 0) is 12.1 Å². The van der Waals surface area contributed by atoms with Crippen LogP contribution in [0.15, 0.2) is 28.7 Å². The van der Waals surface area contributed by atoms with Crippen LogP contribution in [0.1, 0.15) is 5.76 Å². The summed E-state index contributed by atoms with van der Waals surface area (Å²) in [4.78, 5) is 10.3. The maximum atomic E-state index is 10.3. The Bertz CT molecular complexity index is 457. The summed E-state index contributed by atoms with van der Waals surface area (Å²) in [5.74, 6) is 1.36. The van der Waals surface area contributed by atoms with Crippen molar-refractivity contribution < 1.29 is 13.9 Å². The van der Waals surface area contributed by atoms with Gasteiger partial charge in [0.2, 0.25) is 0 Å². The quantitative estimate of drug-likeness (QED) is 0.696. The van der Waals surface area contributed by atoms with E-state index in [1.807, 2.05) is 24.3 Å². The molecule has 0 saturated heterocycles. The molecule has 3 nitrogen and oxygen atoms in total. The summed E-state index contributed by atoms with van der Waals surface area (Å²) in [5.41, 5.74) is 0.701. The Morgan fingerprint density at radius 1 is 1.50 bits per heavy atom. The lowest BCUT2D eigenvalue weighted by molar-refractivity contribution is -0.107. The molecule has 0 radical (unpaired) electrons. The van der Waals surface area contributed by atoms with Crippen LogP contribution in [0.3, 0.4) is 0 Å². The first-order chi connectivity index (χ1) is 6.85. The van der Waals surface area contributed by atoms with E-state index in [2.05, 4.69) is 0 Å². The Labute approximate surface area is 81.3 Å². The fourth-order valence-corrected chi connectivity index (χ4v) is 1.43. The molecule has 0 unspecified atom stereocenters. The van der Waals surface area contributed by atoms with Crippen molar-refractivity contribution >= 4 is 17.3 Å². The van der Waals surface area contributed by atoms with Crippen LogP contribution in [0.4, 0.5) is 0 Å². The number of fused-ring (bicyclic) bond motifs is 1. The minimum absolute atomic E-state index is 0.303. The van der Waals surface area contributed by atoms with E-state index < -0.39 is 0 Å². The number of furan rings is 1. The van der Waals surface area contributed by atoms with Crippen LogP contribution in [-0.2, 0) is 11.2 Å². The Hall–Kier alpha value is -1.77. The first-order valence-corrected chi connectivity index (χ1v) is 4.34. The minimum Gasteiger partial charge on any atom is -0.493 e. The van der Waals surface area contributed by atoms with E-state index in [9.17, 15) is 4.79 Å². The standard InChI is InChI=1S/C11H10O3/c1-13-10-4-2-3-8-7-9(5-6-12)14-11(8)10/h2-4,6-7H,5H2,1H3. The summed E-state index contributed by atoms with van der Waals surface area (Å²) in [7, 11) is 1.59. The van der Waals surface area contributed by atoms with E-state index in [1.165, 1.54) is 0 Å². The van der Waals surface area contributed by atoms with Gasteiger partial charge in [-0.1, -0.05) is 12.1 Å². The molecular weight excluding hydrogens is 180 g/mol. The summed E-state index contributed by atoms with van der Waals surface area (Å²) in [5, 5.41) is 0.959. The molecular formula is C11H10O3. The third kappa shape index (κ3) is 1.37. The van der Waals surface area contributed by atoms with Crippen LogP contribution < -0.4 is 4.74 Å². The zero-order valence-corrected chi connectivity index (χ0v) is 7.82. The average Bonchev–Trinajstić information content (AvgIpc) is 2.60. The van der Waals surface area contributed by atoms with Crippen LogP contribution in [0.5, 0.6) is 5.75 Å². The molecule has 0 fully saturated rings. The highest BCUT2D eigenvalue weighted by molar-refractivity contribution is 5.84. The lowest BCUT2D eigenvalue weighted by Gasteiger charge is -1.98. The Morgan fingerprint density at radius 2 is 2.36 bits per heavy atom. The average molecular weight is 190 g/mol. The van der Waals surface area contributed by atoms with Gasteiger partial charge < -0.3 is 13.9 Å². The van der Waals surface area contributed by atoms with Gasteiger partial charge in [0.1, 0.15) is 12.0 Å². The molecule has 1 aromatic heterocycles. The molecule has 0 aliphatic heterocycles. The molecule has 0 aliphatic rings. The van der Waals surface area contributed by atoms with Crippen molar-refractivity contribution in [2.45, 2.75) is 6.42 Å². The molecule has 72 valence electrons. The number of carbonyl (C=O) groups excluding carboxylic acids is 1. The van der Waals surface area contributed by atoms with Crippen LogP contribution in [0, 0.1) is 0 Å². The topological polar surface area (TPSA) is 39.4 Å². The van der Waals surface area contributed by atoms with Gasteiger partial charge in [-0.3, -0.25) is 0 Å². The summed E-state index contributed by atoms with van der Waals surface area (Å²) in [6, 6.07) is 7.50. The first kappa shape index (κ1) is 8.81. The molecule has 0 aliphatic carbocycles. The summed E-state index contributed by atoms with van der Waals surface area (Å²) in [6.07, 6.45) is 1.13. The van der Waals surface area contributed by atoms with Gasteiger partial charge >= 0.3 is 0 Å². The largest absolute Gasteiger partial charge is 0.493 e. The van der Waals surface area contributed by atoms with Crippen molar-refractivity contribution in [3.8, 4) is 5.75 Å². The molecule has 0 spiro atoms. The summed E-state index contributed by atoms with van der Waals surface area (Å²) in [6.45, 7) is 0. The van der Waals surface area contributed by atoms with Gasteiger partial charge in [0.25, 0.3) is 0 Å². The number of hydrogen-bond donors (Lipinski definition) is 0. The number of hydrogen-bond acceptors (Lipinski definition) is 3. The fraction of sp³-hybridized carbons (Fsp3) is 0.182. The Kier molecular flexibility index (Phi) is 2.23. The lowest BCUT2D eigenvalue weighted by Crippen LogP contribution is -1.81. The van der Waals surface area contributed by atoms with E-state index in [0.717, 1.165) is 11.7 Å². The molecule has 0 saturated carbocycles. The van der Waals surface area contributed by atoms with Crippen molar-refractivity contribution in [2.24, 2.45) is 0 Å². The van der Waals surface area contributed by atoms with Gasteiger partial charge in [0.05, 0.1) is 13.5 Å². The number of methoxy groups -OCH3 is 1. The molecule has 1 heterocycles. The normalized spacial score (nSPS) is 10.4. The zero-order valence-electron chi connectivity index (χ0n) is 7.82. The number of rotatable bonds is 3. The second kappa shape index (κ2) is 3.54. The molecule has 1 aromatic carbocycles. The van der Waals surface area contributed by atoms with Crippen molar-refractivity contribution in [3.05, 3.63) is 30.0 Å². The molecule has 14 heavy (non-hydrogen) atoms. The SMILES string of the molecule is COc1cccc2cc(CC=O)oc12. The van der Waals surface area contributed by atoms with Gasteiger partial charge in [-0.2, -0.15) is 0 Å². The zero-order chi connectivity index (χ0) is 9.97. The maximum absolute atomic E-state index is 10.3. The number of aldehydes is 1. The number of ether oxygens (including phenoxy) is 1. The van der Waals surface area contributed by atoms with Gasteiger partial charge in [0.15, 0.2) is 11.3 Å². The highest BCUT2D eigenvalue weighted by Crippen LogP contribution is 2.28. The molecule has 2 aromatic rings. The predicted molar refractivity (Wildman–Crippen MR) is 52.5 cm³/mol. The predicted octanol–water partition coefficient (Wildman–Crippen LogP) is 2.18. The first-order valence-electron chi connectivity index (χ1n) is 4.34. The molecule has 2 rings (SSSR count). The molecule has 0 atom stereocenters. The fourth-order valence-electron chi connectivity index (χ4n) is 1.43. The van der Waals surface area contributed by atoms with E-state index in [-0.39, 0.29) is 0 Å². The number of para-hydroxylation sites is 1. The van der Waals surface area contributed by atoms with Crippen molar-refractivity contribution in [1.82, 2.24) is 0 Å². The van der Waals surface area contributed by atoms with E-state index in [0.29, 0.717) is 23.5 Å². The smallest absolute Gasteiger partial charge is 0.176 e. The Morgan fingerprint density at radius 3 is 3.07 bits per heavy atom. The van der Waals surface area contributed by atoms with Gasteiger partial charge in [-0.25, -0.2) is 0 Å². The molecule has 0 amide bonds. The van der Waals surface area contributed by atoms with Crippen LogP contribution in [-0.4, -0.2) is 13.4 Å². The summed E-state index contributed by atoms with van der Waals surface area (Å²) >= 11 is 0. The van der Waals surface area contributed by atoms with Crippen molar-refractivity contribution in [3.63, 3.8) is 0 Å². The Balaban J connectivity index is 2.57. The number of carbonyl (C=O) groups is 1. The number of benzene rings is 1. The third-order valence-corrected chi connectivity index (χ3v) is 2.06. The van der Waals surface area contributed by atoms with Crippen molar-refractivity contribution in [2.75, 3.05) is 7.11 Å². The van der Waals surface area contributed by atoms with Crippen LogP contribution in [0.25, 0.3) is 11.0 Å². The van der Waals surface area contributed by atoms with Gasteiger partial charge in [-0.15, -0.1) is 0 Å². The van der Waals surface area contributed by atoms with Crippen LogP contribution >= 0.6 is 0 Å². The minimum atomic E-state index is 0.303. The highest BCUT2D eigenvalue weighted by Gasteiger charge is 2.07. The van der Waals surface area contributed by atoms with E-state index >= 15 is 0 Å². The van der Waals surface area contributed by atoms with Crippen molar-refractivity contribution in [1.29, 1.82) is 0 Å². The molecule has 3 heteroatoms. The second-order valence-electron chi connectivity index (χ2n) is 2.96. The molecule has 0 N–H and O–H groups in total. The van der Waals surface area contributed by atoms with E-state index in [4.69, 9.17) is 9.15 Å². The summed E-state index contributed by atoms with van der Waals surface area (Å²) < 4.78 is 10.6. The van der Waals surface area contributed by atoms with Gasteiger partial charge in [0, 0.05) is 5.39 Å². The van der Waals surface area contributed by atoms with Crippen LogP contribution in [0.2, 0.25) is 0 Å². The highest BCUT2D eigenvalue weighted by atomic mass is 16.5. The monoisotopic (exact) mass is 190 g/mol. The van der Waals surface area contributed by atoms with E-state index in [1.54, 1.807) is 7.11 Å². The molecule has 0 bridgehead atoms. The second-order valence-corrected chi connectivity index (χ2v) is 2.96.